The lowest BCUT2D eigenvalue weighted by atomic mass is 9.72. The summed E-state index contributed by atoms with van der Waals surface area (Å²) < 4.78 is 8.47. The molecule has 0 amide bonds. The average molecular weight is 409 g/mol. The highest BCUT2D eigenvalue weighted by molar-refractivity contribution is 5.89. The SMILES string of the molecule is CC(C)n1cc2c3c(cccc31)C1C[C@@H](C(=O)OC3CCCCCC3)CN(C)C1C2. The van der Waals surface area contributed by atoms with Gasteiger partial charge in [0.05, 0.1) is 5.92 Å². The fourth-order valence-electron chi connectivity index (χ4n) is 6.29. The van der Waals surface area contributed by atoms with Gasteiger partial charge >= 0.3 is 5.97 Å². The molecule has 3 atom stereocenters. The van der Waals surface area contributed by atoms with Crippen LogP contribution < -0.4 is 0 Å². The Morgan fingerprint density at radius 2 is 1.90 bits per heavy atom. The number of carbonyl (C=O) groups excluding carboxylic acids is 1. The van der Waals surface area contributed by atoms with Crippen molar-refractivity contribution in [3.05, 3.63) is 35.5 Å². The van der Waals surface area contributed by atoms with E-state index in [1.807, 2.05) is 0 Å². The summed E-state index contributed by atoms with van der Waals surface area (Å²) in [5, 5.41) is 1.44. The van der Waals surface area contributed by atoms with Gasteiger partial charge in [0.25, 0.3) is 0 Å². The molecule has 2 aromatic rings. The number of likely N-dealkylation sites (tertiary alicyclic amines) is 1. The van der Waals surface area contributed by atoms with Gasteiger partial charge in [-0.1, -0.05) is 25.0 Å². The summed E-state index contributed by atoms with van der Waals surface area (Å²) in [6.45, 7) is 5.34. The molecule has 1 aromatic carbocycles. The number of hydrogen-bond acceptors (Lipinski definition) is 3. The smallest absolute Gasteiger partial charge is 0.310 e. The highest BCUT2D eigenvalue weighted by Gasteiger charge is 2.42. The van der Waals surface area contributed by atoms with E-state index in [1.165, 1.54) is 47.7 Å². The van der Waals surface area contributed by atoms with Crippen molar-refractivity contribution in [3.8, 4) is 0 Å². The molecule has 30 heavy (non-hydrogen) atoms. The summed E-state index contributed by atoms with van der Waals surface area (Å²) in [4.78, 5) is 15.6. The Bertz CT molecular complexity index is 923. The van der Waals surface area contributed by atoms with E-state index in [-0.39, 0.29) is 18.0 Å². The number of rotatable bonds is 3. The van der Waals surface area contributed by atoms with Crippen LogP contribution in [0.3, 0.4) is 0 Å². The second kappa shape index (κ2) is 8.03. The van der Waals surface area contributed by atoms with Crippen LogP contribution in [0.2, 0.25) is 0 Å². The quantitative estimate of drug-likeness (QED) is 0.500. The summed E-state index contributed by atoms with van der Waals surface area (Å²) in [5.41, 5.74) is 4.26. The second-order valence-corrected chi connectivity index (χ2v) is 10.2. The number of piperidine rings is 1. The van der Waals surface area contributed by atoms with Crippen molar-refractivity contribution in [3.63, 3.8) is 0 Å². The molecule has 4 heteroatoms. The molecule has 1 saturated carbocycles. The van der Waals surface area contributed by atoms with Crippen LogP contribution in [0.4, 0.5) is 0 Å². The molecule has 2 unspecified atom stereocenters. The summed E-state index contributed by atoms with van der Waals surface area (Å²) in [5.74, 6) is 0.447. The van der Waals surface area contributed by atoms with Gasteiger partial charge < -0.3 is 14.2 Å². The van der Waals surface area contributed by atoms with Gasteiger partial charge in [0.15, 0.2) is 0 Å². The molecule has 162 valence electrons. The molecule has 2 fully saturated rings. The van der Waals surface area contributed by atoms with Gasteiger partial charge in [0, 0.05) is 41.6 Å². The van der Waals surface area contributed by atoms with E-state index in [1.54, 1.807) is 0 Å². The third-order valence-electron chi connectivity index (χ3n) is 7.85. The molecule has 3 aliphatic rings. The number of hydrogen-bond donors (Lipinski definition) is 0. The van der Waals surface area contributed by atoms with E-state index < -0.39 is 0 Å². The standard InChI is InChI=1S/C26H36N2O2/c1-17(2)28-16-18-14-24-22(21-11-8-12-23(28)25(18)21)13-19(15-27(24)3)26(29)30-20-9-6-4-5-7-10-20/h8,11-12,16-17,19-20,22,24H,4-7,9-10,13-15H2,1-3H3/t19-,22?,24?/m1/s1. The van der Waals surface area contributed by atoms with Crippen molar-refractivity contribution in [2.45, 2.75) is 89.3 Å². The summed E-state index contributed by atoms with van der Waals surface area (Å²) in [7, 11) is 2.20. The zero-order valence-corrected chi connectivity index (χ0v) is 18.8. The van der Waals surface area contributed by atoms with Crippen LogP contribution in [0.1, 0.15) is 81.9 Å². The molecule has 0 radical (unpaired) electrons. The molecular formula is C26H36N2O2. The highest BCUT2D eigenvalue weighted by Crippen LogP contribution is 2.45. The Hall–Kier alpha value is -1.81. The Kier molecular flexibility index (Phi) is 5.38. The summed E-state index contributed by atoms with van der Waals surface area (Å²) in [6, 6.07) is 7.70. The minimum atomic E-state index is -0.0107. The van der Waals surface area contributed by atoms with Crippen molar-refractivity contribution >= 4 is 16.9 Å². The first kappa shape index (κ1) is 20.1. The lowest BCUT2D eigenvalue weighted by molar-refractivity contribution is -0.157. The first-order valence-electron chi connectivity index (χ1n) is 12.1. The molecule has 1 saturated heterocycles. The van der Waals surface area contributed by atoms with Crippen LogP contribution in [-0.4, -0.2) is 41.2 Å². The molecule has 0 bridgehead atoms. The first-order chi connectivity index (χ1) is 14.5. The lowest BCUT2D eigenvalue weighted by Crippen LogP contribution is -2.50. The van der Waals surface area contributed by atoms with Crippen LogP contribution in [-0.2, 0) is 16.0 Å². The number of esters is 1. The van der Waals surface area contributed by atoms with E-state index in [0.29, 0.717) is 18.0 Å². The van der Waals surface area contributed by atoms with Crippen molar-refractivity contribution in [1.82, 2.24) is 9.47 Å². The van der Waals surface area contributed by atoms with Gasteiger partial charge in [-0.25, -0.2) is 0 Å². The Morgan fingerprint density at radius 3 is 2.63 bits per heavy atom. The zero-order valence-electron chi connectivity index (χ0n) is 18.8. The topological polar surface area (TPSA) is 34.5 Å². The van der Waals surface area contributed by atoms with E-state index in [4.69, 9.17) is 4.74 Å². The van der Waals surface area contributed by atoms with Crippen molar-refractivity contribution < 1.29 is 9.53 Å². The number of nitrogens with zero attached hydrogens (tertiary/aromatic N) is 2. The van der Waals surface area contributed by atoms with Gasteiger partial charge in [0.1, 0.15) is 6.10 Å². The van der Waals surface area contributed by atoms with Crippen molar-refractivity contribution in [2.24, 2.45) is 5.92 Å². The minimum absolute atomic E-state index is 0.0107. The molecule has 5 rings (SSSR count). The van der Waals surface area contributed by atoms with Gasteiger partial charge in [-0.2, -0.15) is 0 Å². The predicted octanol–water partition coefficient (Wildman–Crippen LogP) is 5.45. The second-order valence-electron chi connectivity index (χ2n) is 10.2. The van der Waals surface area contributed by atoms with Crippen LogP contribution in [0.25, 0.3) is 10.9 Å². The normalized spacial score (nSPS) is 27.8. The van der Waals surface area contributed by atoms with Crippen LogP contribution >= 0.6 is 0 Å². The van der Waals surface area contributed by atoms with E-state index in [2.05, 4.69) is 54.8 Å². The Morgan fingerprint density at radius 1 is 1.13 bits per heavy atom. The molecule has 1 aliphatic heterocycles. The monoisotopic (exact) mass is 408 g/mol. The average Bonchev–Trinajstić information content (AvgIpc) is 2.91. The predicted molar refractivity (Wildman–Crippen MR) is 121 cm³/mol. The number of ether oxygens (including phenoxy) is 1. The number of fused-ring (bicyclic) bond motifs is 2. The Labute approximate surface area is 180 Å². The van der Waals surface area contributed by atoms with Gasteiger partial charge in [-0.15, -0.1) is 0 Å². The van der Waals surface area contributed by atoms with Crippen LogP contribution in [0, 0.1) is 5.92 Å². The largest absolute Gasteiger partial charge is 0.462 e. The fraction of sp³-hybridized carbons (Fsp3) is 0.654. The van der Waals surface area contributed by atoms with Crippen LogP contribution in [0.15, 0.2) is 24.4 Å². The summed E-state index contributed by atoms with van der Waals surface area (Å²) >= 11 is 0. The first-order valence-corrected chi connectivity index (χ1v) is 12.1. The lowest BCUT2D eigenvalue weighted by Gasteiger charge is -2.45. The third-order valence-corrected chi connectivity index (χ3v) is 7.85. The molecule has 0 spiro atoms. The molecule has 0 N–H and O–H groups in total. The highest BCUT2D eigenvalue weighted by atomic mass is 16.5. The molecule has 4 nitrogen and oxygen atoms in total. The molecular weight excluding hydrogens is 372 g/mol. The maximum atomic E-state index is 13.1. The zero-order chi connectivity index (χ0) is 20.8. The van der Waals surface area contributed by atoms with E-state index >= 15 is 0 Å². The van der Waals surface area contributed by atoms with Crippen molar-refractivity contribution in [2.75, 3.05) is 13.6 Å². The maximum absolute atomic E-state index is 13.1. The van der Waals surface area contributed by atoms with Gasteiger partial charge in [0.2, 0.25) is 0 Å². The Balaban J connectivity index is 1.41. The number of carbonyl (C=O) groups is 1. The maximum Gasteiger partial charge on any atom is 0.310 e. The van der Waals surface area contributed by atoms with Gasteiger partial charge in [-0.05, 0) is 76.6 Å². The fourth-order valence-corrected chi connectivity index (χ4v) is 6.29. The summed E-state index contributed by atoms with van der Waals surface area (Å²) in [6.07, 6.45) is 11.6. The van der Waals surface area contributed by atoms with Crippen molar-refractivity contribution in [1.29, 1.82) is 0 Å². The number of likely N-dealkylation sites (N-methyl/N-ethyl adjacent to an activating group) is 1. The van der Waals surface area contributed by atoms with E-state index in [0.717, 1.165) is 32.2 Å². The molecule has 1 aromatic heterocycles. The molecule has 2 heterocycles. The van der Waals surface area contributed by atoms with Crippen LogP contribution in [0.5, 0.6) is 0 Å². The number of aromatic nitrogens is 1. The minimum Gasteiger partial charge on any atom is -0.462 e. The number of benzene rings is 1. The van der Waals surface area contributed by atoms with E-state index in [9.17, 15) is 4.79 Å². The molecule has 2 aliphatic carbocycles. The van der Waals surface area contributed by atoms with Gasteiger partial charge in [-0.3, -0.25) is 4.79 Å². The third kappa shape index (κ3) is 3.47.